The SMILES string of the molecule is CN(CCc1ccccc1)C1CCCCCC1CN. The summed E-state index contributed by atoms with van der Waals surface area (Å²) in [6.45, 7) is 1.99. The van der Waals surface area contributed by atoms with Gasteiger partial charge in [-0.3, -0.25) is 0 Å². The van der Waals surface area contributed by atoms with Gasteiger partial charge in [0.25, 0.3) is 0 Å². The number of nitrogens with two attached hydrogens (primary N) is 1. The number of rotatable bonds is 5. The molecule has 2 heteroatoms. The summed E-state index contributed by atoms with van der Waals surface area (Å²) >= 11 is 0. The van der Waals surface area contributed by atoms with Gasteiger partial charge in [-0.2, -0.15) is 0 Å². The van der Waals surface area contributed by atoms with Gasteiger partial charge in [-0.15, -0.1) is 0 Å². The van der Waals surface area contributed by atoms with Crippen molar-refractivity contribution in [1.29, 1.82) is 0 Å². The smallest absolute Gasteiger partial charge is 0.0133 e. The summed E-state index contributed by atoms with van der Waals surface area (Å²) in [6, 6.07) is 11.5. The van der Waals surface area contributed by atoms with Crippen molar-refractivity contribution in [2.24, 2.45) is 11.7 Å². The Morgan fingerprint density at radius 2 is 1.84 bits per heavy atom. The quantitative estimate of drug-likeness (QED) is 0.824. The van der Waals surface area contributed by atoms with Crippen LogP contribution in [0.15, 0.2) is 30.3 Å². The molecule has 2 unspecified atom stereocenters. The highest BCUT2D eigenvalue weighted by atomic mass is 15.1. The van der Waals surface area contributed by atoms with Crippen molar-refractivity contribution < 1.29 is 0 Å². The molecule has 2 nitrogen and oxygen atoms in total. The third kappa shape index (κ3) is 4.32. The summed E-state index contributed by atoms with van der Waals surface area (Å²) in [5.41, 5.74) is 7.42. The molecule has 1 fully saturated rings. The molecule has 1 aliphatic carbocycles. The van der Waals surface area contributed by atoms with E-state index in [1.807, 2.05) is 0 Å². The second-order valence-electron chi connectivity index (χ2n) is 5.92. The molecule has 106 valence electrons. The van der Waals surface area contributed by atoms with E-state index in [0.717, 1.165) is 19.5 Å². The highest BCUT2D eigenvalue weighted by molar-refractivity contribution is 5.14. The molecule has 0 aliphatic heterocycles. The van der Waals surface area contributed by atoms with E-state index in [1.54, 1.807) is 0 Å². The van der Waals surface area contributed by atoms with Gasteiger partial charge < -0.3 is 10.6 Å². The van der Waals surface area contributed by atoms with Gasteiger partial charge in [0.2, 0.25) is 0 Å². The fourth-order valence-corrected chi connectivity index (χ4v) is 3.34. The van der Waals surface area contributed by atoms with Crippen molar-refractivity contribution in [1.82, 2.24) is 4.90 Å². The summed E-state index contributed by atoms with van der Waals surface area (Å²) in [6.07, 6.45) is 7.91. The number of hydrogen-bond donors (Lipinski definition) is 1. The average molecular weight is 260 g/mol. The van der Waals surface area contributed by atoms with Gasteiger partial charge in [0.05, 0.1) is 0 Å². The standard InChI is InChI=1S/C17H28N2/c1-19(13-12-15-8-4-2-5-9-15)17-11-7-3-6-10-16(17)14-18/h2,4-5,8-9,16-17H,3,6-7,10-14,18H2,1H3. The largest absolute Gasteiger partial charge is 0.330 e. The van der Waals surface area contributed by atoms with E-state index >= 15 is 0 Å². The van der Waals surface area contributed by atoms with Crippen molar-refractivity contribution in [3.63, 3.8) is 0 Å². The zero-order valence-electron chi connectivity index (χ0n) is 12.2. The first-order valence-electron chi connectivity index (χ1n) is 7.75. The maximum absolute atomic E-state index is 5.98. The predicted molar refractivity (Wildman–Crippen MR) is 82.2 cm³/mol. The van der Waals surface area contributed by atoms with Crippen LogP contribution in [0.2, 0.25) is 0 Å². The lowest BCUT2D eigenvalue weighted by molar-refractivity contribution is 0.170. The Morgan fingerprint density at radius 1 is 1.11 bits per heavy atom. The molecule has 2 atom stereocenters. The van der Waals surface area contributed by atoms with Crippen molar-refractivity contribution in [3.8, 4) is 0 Å². The summed E-state index contributed by atoms with van der Waals surface area (Å²) in [4.78, 5) is 2.55. The Bertz CT molecular complexity index is 350. The first kappa shape index (κ1) is 14.5. The fraction of sp³-hybridized carbons (Fsp3) is 0.647. The Morgan fingerprint density at radius 3 is 2.58 bits per heavy atom. The van der Waals surface area contributed by atoms with Crippen LogP contribution in [0.4, 0.5) is 0 Å². The van der Waals surface area contributed by atoms with E-state index in [4.69, 9.17) is 5.73 Å². The average Bonchev–Trinajstić information content (AvgIpc) is 2.71. The molecule has 0 aromatic heterocycles. The van der Waals surface area contributed by atoms with Gasteiger partial charge in [-0.05, 0) is 44.3 Å². The number of likely N-dealkylation sites (N-methyl/N-ethyl adjacent to an activating group) is 1. The summed E-state index contributed by atoms with van der Waals surface area (Å²) in [7, 11) is 2.28. The van der Waals surface area contributed by atoms with Crippen LogP contribution in [0.5, 0.6) is 0 Å². The molecule has 1 aromatic carbocycles. The van der Waals surface area contributed by atoms with Crippen molar-refractivity contribution in [2.45, 2.75) is 44.6 Å². The van der Waals surface area contributed by atoms with Crippen LogP contribution in [0.25, 0.3) is 0 Å². The van der Waals surface area contributed by atoms with Gasteiger partial charge >= 0.3 is 0 Å². The van der Waals surface area contributed by atoms with Gasteiger partial charge in [0, 0.05) is 12.6 Å². The van der Waals surface area contributed by atoms with Gasteiger partial charge in [-0.25, -0.2) is 0 Å². The van der Waals surface area contributed by atoms with Crippen molar-refractivity contribution in [2.75, 3.05) is 20.1 Å². The normalized spacial score (nSPS) is 24.4. The Labute approximate surface area is 118 Å². The molecular formula is C17H28N2. The maximum Gasteiger partial charge on any atom is 0.0133 e. The van der Waals surface area contributed by atoms with E-state index in [2.05, 4.69) is 42.3 Å². The van der Waals surface area contributed by atoms with Crippen LogP contribution < -0.4 is 5.73 Å². The molecule has 1 aliphatic rings. The highest BCUT2D eigenvalue weighted by Crippen LogP contribution is 2.26. The maximum atomic E-state index is 5.98. The van der Waals surface area contributed by atoms with Crippen molar-refractivity contribution >= 4 is 0 Å². The van der Waals surface area contributed by atoms with Crippen LogP contribution in [0.3, 0.4) is 0 Å². The van der Waals surface area contributed by atoms with Crippen LogP contribution in [-0.4, -0.2) is 31.1 Å². The molecule has 0 saturated heterocycles. The van der Waals surface area contributed by atoms with E-state index in [0.29, 0.717) is 12.0 Å². The molecule has 2 rings (SSSR count). The summed E-state index contributed by atoms with van der Waals surface area (Å²) < 4.78 is 0. The Hall–Kier alpha value is -0.860. The third-order valence-corrected chi connectivity index (χ3v) is 4.58. The first-order chi connectivity index (χ1) is 9.31. The zero-order chi connectivity index (χ0) is 13.5. The van der Waals surface area contributed by atoms with Crippen molar-refractivity contribution in [3.05, 3.63) is 35.9 Å². The molecule has 0 spiro atoms. The minimum atomic E-state index is 0.691. The van der Waals surface area contributed by atoms with Crippen LogP contribution in [-0.2, 0) is 6.42 Å². The van der Waals surface area contributed by atoms with E-state index < -0.39 is 0 Å². The molecular weight excluding hydrogens is 232 g/mol. The predicted octanol–water partition coefficient (Wildman–Crippen LogP) is 3.07. The Kier molecular flexibility index (Phi) is 5.87. The molecule has 0 bridgehead atoms. The topological polar surface area (TPSA) is 29.3 Å². The fourth-order valence-electron chi connectivity index (χ4n) is 3.34. The number of nitrogens with zero attached hydrogens (tertiary/aromatic N) is 1. The second kappa shape index (κ2) is 7.66. The van der Waals surface area contributed by atoms with Crippen LogP contribution in [0, 0.1) is 5.92 Å². The molecule has 2 N–H and O–H groups in total. The van der Waals surface area contributed by atoms with Crippen LogP contribution in [0.1, 0.15) is 37.7 Å². The van der Waals surface area contributed by atoms with Gasteiger partial charge in [0.15, 0.2) is 0 Å². The lowest BCUT2D eigenvalue weighted by Crippen LogP contribution is -2.41. The molecule has 0 heterocycles. The molecule has 0 radical (unpaired) electrons. The molecule has 1 saturated carbocycles. The minimum Gasteiger partial charge on any atom is -0.330 e. The summed E-state index contributed by atoms with van der Waals surface area (Å²) in [5.74, 6) is 0.697. The first-order valence-corrected chi connectivity index (χ1v) is 7.75. The minimum absolute atomic E-state index is 0.691. The summed E-state index contributed by atoms with van der Waals surface area (Å²) in [5, 5.41) is 0. The highest BCUT2D eigenvalue weighted by Gasteiger charge is 2.25. The number of hydrogen-bond acceptors (Lipinski definition) is 2. The monoisotopic (exact) mass is 260 g/mol. The second-order valence-corrected chi connectivity index (χ2v) is 5.92. The molecule has 1 aromatic rings. The molecule has 0 amide bonds. The lowest BCUT2D eigenvalue weighted by atomic mass is 9.93. The Balaban J connectivity index is 1.88. The third-order valence-electron chi connectivity index (χ3n) is 4.58. The lowest BCUT2D eigenvalue weighted by Gasteiger charge is -2.33. The van der Waals surface area contributed by atoms with Crippen LogP contribution >= 0.6 is 0 Å². The van der Waals surface area contributed by atoms with E-state index in [1.165, 1.54) is 37.7 Å². The molecule has 19 heavy (non-hydrogen) atoms. The van der Waals surface area contributed by atoms with Gasteiger partial charge in [-0.1, -0.05) is 49.6 Å². The number of benzene rings is 1. The van der Waals surface area contributed by atoms with E-state index in [-0.39, 0.29) is 0 Å². The van der Waals surface area contributed by atoms with E-state index in [9.17, 15) is 0 Å². The van der Waals surface area contributed by atoms with Gasteiger partial charge in [0.1, 0.15) is 0 Å². The zero-order valence-corrected chi connectivity index (χ0v) is 12.2.